The number of benzene rings is 1. The summed E-state index contributed by atoms with van der Waals surface area (Å²) in [5, 5.41) is 9.27. The molecule has 0 saturated carbocycles. The minimum absolute atomic E-state index is 0.118. The molecule has 0 bridgehead atoms. The summed E-state index contributed by atoms with van der Waals surface area (Å²) in [5.74, 6) is -0.464. The number of aliphatic hydroxyl groups excluding tert-OH is 1. The average Bonchev–Trinajstić information content (AvgIpc) is 2.58. The standard InChI is InChI=1S/C19H28O4/c1-3-5-8-15-10-12-16(13-11-15)18(21)9-6-7-14-23-19(22)17(20)4-2/h10-13,17,20H,3-9,14H2,1-2H3. The van der Waals surface area contributed by atoms with Crippen molar-refractivity contribution >= 4 is 11.8 Å². The fraction of sp³-hybridized carbons (Fsp3) is 0.579. The second-order valence-electron chi connectivity index (χ2n) is 5.77. The molecule has 0 fully saturated rings. The fourth-order valence-corrected chi connectivity index (χ4v) is 2.21. The second kappa shape index (κ2) is 10.9. The molecule has 0 heterocycles. The van der Waals surface area contributed by atoms with Gasteiger partial charge < -0.3 is 9.84 Å². The van der Waals surface area contributed by atoms with Crippen molar-refractivity contribution in [2.75, 3.05) is 6.61 Å². The Morgan fingerprint density at radius 3 is 2.39 bits per heavy atom. The Kier molecular flexibility index (Phi) is 9.22. The predicted molar refractivity (Wildman–Crippen MR) is 90.5 cm³/mol. The first-order valence-corrected chi connectivity index (χ1v) is 8.55. The normalized spacial score (nSPS) is 12.0. The van der Waals surface area contributed by atoms with Gasteiger partial charge in [-0.15, -0.1) is 0 Å². The molecule has 1 N–H and O–H groups in total. The summed E-state index contributed by atoms with van der Waals surface area (Å²) in [7, 11) is 0. The van der Waals surface area contributed by atoms with Crippen molar-refractivity contribution in [1.29, 1.82) is 0 Å². The topological polar surface area (TPSA) is 63.6 Å². The van der Waals surface area contributed by atoms with E-state index >= 15 is 0 Å². The van der Waals surface area contributed by atoms with Crippen molar-refractivity contribution in [2.24, 2.45) is 0 Å². The van der Waals surface area contributed by atoms with Crippen LogP contribution in [0.3, 0.4) is 0 Å². The van der Waals surface area contributed by atoms with Crippen LogP contribution < -0.4 is 0 Å². The summed E-state index contributed by atoms with van der Waals surface area (Å²) in [6.45, 7) is 4.13. The van der Waals surface area contributed by atoms with Crippen molar-refractivity contribution in [3.63, 3.8) is 0 Å². The van der Waals surface area contributed by atoms with Gasteiger partial charge in [0, 0.05) is 12.0 Å². The lowest BCUT2D eigenvalue weighted by Crippen LogP contribution is -2.22. The molecule has 4 nitrogen and oxygen atoms in total. The van der Waals surface area contributed by atoms with Gasteiger partial charge in [0.25, 0.3) is 0 Å². The minimum Gasteiger partial charge on any atom is -0.464 e. The predicted octanol–water partition coefficient (Wildman–Crippen LogP) is 3.70. The first-order chi connectivity index (χ1) is 11.1. The molecular formula is C19H28O4. The second-order valence-corrected chi connectivity index (χ2v) is 5.77. The summed E-state index contributed by atoms with van der Waals surface area (Å²) >= 11 is 0. The SMILES string of the molecule is CCCCc1ccc(C(=O)CCCCOC(=O)C(O)CC)cc1. The molecule has 0 aliphatic heterocycles. The number of hydrogen-bond donors (Lipinski definition) is 1. The van der Waals surface area contributed by atoms with Gasteiger partial charge in [-0.3, -0.25) is 4.79 Å². The van der Waals surface area contributed by atoms with E-state index in [9.17, 15) is 14.7 Å². The smallest absolute Gasteiger partial charge is 0.334 e. The first-order valence-electron chi connectivity index (χ1n) is 8.55. The lowest BCUT2D eigenvalue weighted by molar-refractivity contribution is -0.153. The van der Waals surface area contributed by atoms with Crippen LogP contribution in [0.25, 0.3) is 0 Å². The number of aryl methyl sites for hydroxylation is 1. The number of carbonyl (C=O) groups is 2. The highest BCUT2D eigenvalue weighted by Gasteiger charge is 2.13. The largest absolute Gasteiger partial charge is 0.464 e. The van der Waals surface area contributed by atoms with Gasteiger partial charge in [-0.2, -0.15) is 0 Å². The van der Waals surface area contributed by atoms with E-state index in [1.807, 2.05) is 24.3 Å². The molecule has 0 saturated heterocycles. The third kappa shape index (κ3) is 7.42. The molecule has 23 heavy (non-hydrogen) atoms. The van der Waals surface area contributed by atoms with Gasteiger partial charge in [0.15, 0.2) is 11.9 Å². The summed E-state index contributed by atoms with van der Waals surface area (Å²) < 4.78 is 4.94. The highest BCUT2D eigenvalue weighted by Crippen LogP contribution is 2.11. The lowest BCUT2D eigenvalue weighted by Gasteiger charge is -2.08. The van der Waals surface area contributed by atoms with Gasteiger partial charge in [0.05, 0.1) is 6.61 Å². The van der Waals surface area contributed by atoms with Gasteiger partial charge in [-0.25, -0.2) is 4.79 Å². The Morgan fingerprint density at radius 2 is 1.78 bits per heavy atom. The van der Waals surface area contributed by atoms with Crippen LogP contribution in [-0.4, -0.2) is 29.6 Å². The van der Waals surface area contributed by atoms with E-state index in [2.05, 4.69) is 6.92 Å². The number of hydrogen-bond acceptors (Lipinski definition) is 4. The van der Waals surface area contributed by atoms with E-state index in [1.165, 1.54) is 18.4 Å². The van der Waals surface area contributed by atoms with Gasteiger partial charge in [0.2, 0.25) is 0 Å². The van der Waals surface area contributed by atoms with Gasteiger partial charge in [-0.05, 0) is 37.7 Å². The Balaban J connectivity index is 2.25. The average molecular weight is 320 g/mol. The van der Waals surface area contributed by atoms with Crippen LogP contribution >= 0.6 is 0 Å². The fourth-order valence-electron chi connectivity index (χ4n) is 2.21. The van der Waals surface area contributed by atoms with Crippen LogP contribution in [-0.2, 0) is 16.0 Å². The summed E-state index contributed by atoms with van der Waals surface area (Å²) in [6.07, 6.45) is 4.45. The zero-order valence-electron chi connectivity index (χ0n) is 14.2. The summed E-state index contributed by atoms with van der Waals surface area (Å²) in [5.41, 5.74) is 2.01. The van der Waals surface area contributed by atoms with Crippen molar-refractivity contribution < 1.29 is 19.4 Å². The van der Waals surface area contributed by atoms with Crippen LogP contribution in [0.5, 0.6) is 0 Å². The zero-order valence-corrected chi connectivity index (χ0v) is 14.2. The lowest BCUT2D eigenvalue weighted by atomic mass is 10.0. The summed E-state index contributed by atoms with van der Waals surface area (Å²) in [4.78, 5) is 23.3. The van der Waals surface area contributed by atoms with Crippen molar-refractivity contribution in [3.8, 4) is 0 Å². The van der Waals surface area contributed by atoms with Crippen LogP contribution in [0, 0.1) is 0 Å². The van der Waals surface area contributed by atoms with E-state index in [1.54, 1.807) is 6.92 Å². The zero-order chi connectivity index (χ0) is 17.1. The number of unbranched alkanes of at least 4 members (excludes halogenated alkanes) is 2. The minimum atomic E-state index is -1.04. The maximum atomic E-state index is 12.1. The van der Waals surface area contributed by atoms with Crippen LogP contribution in [0.4, 0.5) is 0 Å². The molecule has 1 rings (SSSR count). The molecule has 1 atom stereocenters. The molecule has 0 aliphatic rings. The number of aliphatic hydroxyl groups is 1. The van der Waals surface area contributed by atoms with Gasteiger partial charge in [-0.1, -0.05) is 44.5 Å². The third-order valence-electron chi connectivity index (χ3n) is 3.80. The maximum Gasteiger partial charge on any atom is 0.334 e. The Labute approximate surface area is 138 Å². The van der Waals surface area contributed by atoms with Gasteiger partial charge >= 0.3 is 5.97 Å². The van der Waals surface area contributed by atoms with Crippen LogP contribution in [0.1, 0.15) is 68.3 Å². The molecule has 0 amide bonds. The summed E-state index contributed by atoms with van der Waals surface area (Å²) in [6, 6.07) is 7.84. The molecule has 0 spiro atoms. The van der Waals surface area contributed by atoms with E-state index in [4.69, 9.17) is 4.74 Å². The molecule has 1 aromatic carbocycles. The monoisotopic (exact) mass is 320 g/mol. The highest BCUT2D eigenvalue weighted by atomic mass is 16.5. The molecule has 1 aromatic rings. The number of esters is 1. The highest BCUT2D eigenvalue weighted by molar-refractivity contribution is 5.96. The van der Waals surface area contributed by atoms with E-state index < -0.39 is 12.1 Å². The van der Waals surface area contributed by atoms with Gasteiger partial charge in [0.1, 0.15) is 0 Å². The van der Waals surface area contributed by atoms with E-state index in [0.29, 0.717) is 25.7 Å². The third-order valence-corrected chi connectivity index (χ3v) is 3.80. The molecule has 0 aromatic heterocycles. The Morgan fingerprint density at radius 1 is 1.09 bits per heavy atom. The first kappa shape index (κ1) is 19.4. The molecule has 128 valence electrons. The number of carbonyl (C=O) groups excluding carboxylic acids is 2. The van der Waals surface area contributed by atoms with Crippen molar-refractivity contribution in [2.45, 2.75) is 64.9 Å². The van der Waals surface area contributed by atoms with E-state index in [0.717, 1.165) is 12.0 Å². The maximum absolute atomic E-state index is 12.1. The van der Waals surface area contributed by atoms with E-state index in [-0.39, 0.29) is 12.4 Å². The molecule has 0 radical (unpaired) electrons. The number of ether oxygens (including phenoxy) is 1. The Hall–Kier alpha value is -1.68. The van der Waals surface area contributed by atoms with Crippen molar-refractivity contribution in [1.82, 2.24) is 0 Å². The molecule has 0 aliphatic carbocycles. The quantitative estimate of drug-likeness (QED) is 0.384. The van der Waals surface area contributed by atoms with Crippen LogP contribution in [0.15, 0.2) is 24.3 Å². The number of Topliss-reactive ketones (excluding diaryl/α,β-unsaturated/α-hetero) is 1. The Bertz CT molecular complexity index is 479. The molecule has 4 heteroatoms. The molecular weight excluding hydrogens is 292 g/mol. The number of ketones is 1. The number of rotatable bonds is 11. The van der Waals surface area contributed by atoms with Crippen molar-refractivity contribution in [3.05, 3.63) is 35.4 Å². The molecule has 1 unspecified atom stereocenters. The van der Waals surface area contributed by atoms with Crippen LogP contribution in [0.2, 0.25) is 0 Å².